The molecule has 112 valence electrons. The Bertz CT molecular complexity index is 219. The van der Waals surface area contributed by atoms with E-state index in [0.717, 1.165) is 25.5 Å². The first-order chi connectivity index (χ1) is 9.38. The van der Waals surface area contributed by atoms with Gasteiger partial charge in [0.1, 0.15) is 0 Å². The van der Waals surface area contributed by atoms with Crippen LogP contribution in [0.3, 0.4) is 0 Å². The van der Waals surface area contributed by atoms with Crippen LogP contribution in [0.25, 0.3) is 0 Å². The zero-order valence-electron chi connectivity index (χ0n) is 12.5. The Morgan fingerprint density at radius 1 is 0.947 bits per heavy atom. The van der Waals surface area contributed by atoms with Gasteiger partial charge in [0.2, 0.25) is 0 Å². The Morgan fingerprint density at radius 2 is 1.63 bits per heavy atom. The van der Waals surface area contributed by atoms with Gasteiger partial charge in [0, 0.05) is 26.2 Å². The third kappa shape index (κ3) is 5.80. The second-order valence-electron chi connectivity index (χ2n) is 6.37. The van der Waals surface area contributed by atoms with Gasteiger partial charge in [-0.25, -0.2) is 0 Å². The van der Waals surface area contributed by atoms with Crippen LogP contribution in [-0.2, 0) is 4.74 Å². The molecule has 0 aromatic heterocycles. The van der Waals surface area contributed by atoms with Crippen molar-refractivity contribution in [1.82, 2.24) is 4.90 Å². The van der Waals surface area contributed by atoms with Crippen LogP contribution in [-0.4, -0.2) is 43.8 Å². The first-order valence-electron chi connectivity index (χ1n) is 8.42. The minimum Gasteiger partial charge on any atom is -0.378 e. The van der Waals surface area contributed by atoms with Crippen LogP contribution in [0.4, 0.5) is 0 Å². The quantitative estimate of drug-likeness (QED) is 0.594. The molecule has 0 atom stereocenters. The molecule has 1 saturated carbocycles. The summed E-state index contributed by atoms with van der Waals surface area (Å²) < 4.78 is 5.87. The molecule has 1 aliphatic carbocycles. The summed E-state index contributed by atoms with van der Waals surface area (Å²) in [5.74, 6) is 0.970. The largest absolute Gasteiger partial charge is 0.378 e. The maximum atomic E-state index is 5.87. The fourth-order valence-electron chi connectivity index (χ4n) is 3.50. The Balaban J connectivity index is 1.59. The Kier molecular flexibility index (Phi) is 7.18. The highest BCUT2D eigenvalue weighted by Crippen LogP contribution is 2.25. The number of piperidine rings is 1. The number of nitrogens with zero attached hydrogens (tertiary/aromatic N) is 1. The number of hydrogen-bond donors (Lipinski definition) is 1. The summed E-state index contributed by atoms with van der Waals surface area (Å²) >= 11 is 0. The minimum absolute atomic E-state index is 0.497. The maximum Gasteiger partial charge on any atom is 0.0599 e. The minimum atomic E-state index is 0.497. The van der Waals surface area contributed by atoms with Gasteiger partial charge in [-0.3, -0.25) is 0 Å². The molecule has 0 aromatic carbocycles. The first-order valence-corrected chi connectivity index (χ1v) is 8.42. The summed E-state index contributed by atoms with van der Waals surface area (Å²) in [5.41, 5.74) is 5.49. The van der Waals surface area contributed by atoms with Gasteiger partial charge in [-0.15, -0.1) is 0 Å². The number of likely N-dealkylation sites (tertiary alicyclic amines) is 1. The molecule has 0 unspecified atom stereocenters. The van der Waals surface area contributed by atoms with Crippen molar-refractivity contribution in [1.29, 1.82) is 0 Å². The Labute approximate surface area is 118 Å². The van der Waals surface area contributed by atoms with E-state index in [1.807, 2.05) is 0 Å². The molecule has 3 nitrogen and oxygen atoms in total. The zero-order valence-corrected chi connectivity index (χ0v) is 12.5. The molecule has 1 aliphatic heterocycles. The van der Waals surface area contributed by atoms with Gasteiger partial charge < -0.3 is 15.4 Å². The van der Waals surface area contributed by atoms with Gasteiger partial charge in [0.25, 0.3) is 0 Å². The molecule has 1 saturated heterocycles. The van der Waals surface area contributed by atoms with Crippen LogP contribution < -0.4 is 5.73 Å². The monoisotopic (exact) mass is 268 g/mol. The van der Waals surface area contributed by atoms with E-state index in [9.17, 15) is 0 Å². The van der Waals surface area contributed by atoms with Crippen LogP contribution in [0.15, 0.2) is 0 Å². The molecule has 0 radical (unpaired) electrons. The van der Waals surface area contributed by atoms with E-state index in [1.165, 1.54) is 71.0 Å². The zero-order chi connectivity index (χ0) is 13.3. The van der Waals surface area contributed by atoms with Crippen molar-refractivity contribution in [2.45, 2.75) is 63.9 Å². The van der Waals surface area contributed by atoms with Crippen LogP contribution in [0.1, 0.15) is 57.8 Å². The lowest BCUT2D eigenvalue weighted by Crippen LogP contribution is -2.39. The van der Waals surface area contributed by atoms with Gasteiger partial charge in [-0.2, -0.15) is 0 Å². The molecule has 0 aromatic rings. The standard InChI is InChI=1S/C16H32N2O/c17-10-5-13-19-16-8-11-18(12-9-16)14-15-6-3-1-2-4-7-15/h15-16H,1-14,17H2. The third-order valence-corrected chi connectivity index (χ3v) is 4.73. The van der Waals surface area contributed by atoms with Gasteiger partial charge in [-0.05, 0) is 44.6 Å². The molecule has 0 bridgehead atoms. The smallest absolute Gasteiger partial charge is 0.0599 e. The Hall–Kier alpha value is -0.120. The fourth-order valence-corrected chi connectivity index (χ4v) is 3.50. The number of rotatable bonds is 6. The van der Waals surface area contributed by atoms with Crippen LogP contribution in [0.2, 0.25) is 0 Å². The lowest BCUT2D eigenvalue weighted by atomic mass is 9.98. The van der Waals surface area contributed by atoms with Crippen molar-refractivity contribution in [2.24, 2.45) is 11.7 Å². The average Bonchev–Trinajstić information content (AvgIpc) is 2.70. The SMILES string of the molecule is NCCCOC1CCN(CC2CCCCCC2)CC1. The van der Waals surface area contributed by atoms with E-state index in [4.69, 9.17) is 10.5 Å². The lowest BCUT2D eigenvalue weighted by Gasteiger charge is -2.34. The maximum absolute atomic E-state index is 5.87. The summed E-state index contributed by atoms with van der Waals surface area (Å²) in [7, 11) is 0. The van der Waals surface area contributed by atoms with Gasteiger partial charge in [-0.1, -0.05) is 25.7 Å². The summed E-state index contributed by atoms with van der Waals surface area (Å²) in [6.07, 6.45) is 12.7. The molecule has 2 fully saturated rings. The van der Waals surface area contributed by atoms with Crippen molar-refractivity contribution in [3.8, 4) is 0 Å². The van der Waals surface area contributed by atoms with E-state index in [0.29, 0.717) is 6.10 Å². The molecule has 0 amide bonds. The van der Waals surface area contributed by atoms with Crippen LogP contribution in [0.5, 0.6) is 0 Å². The molecule has 0 spiro atoms. The van der Waals surface area contributed by atoms with Gasteiger partial charge in [0.05, 0.1) is 6.10 Å². The summed E-state index contributed by atoms with van der Waals surface area (Å²) in [6.45, 7) is 5.42. The van der Waals surface area contributed by atoms with E-state index in [2.05, 4.69) is 4.90 Å². The van der Waals surface area contributed by atoms with Crippen LogP contribution >= 0.6 is 0 Å². The number of nitrogens with two attached hydrogens (primary N) is 1. The van der Waals surface area contributed by atoms with Crippen molar-refractivity contribution in [3.63, 3.8) is 0 Å². The Morgan fingerprint density at radius 3 is 2.26 bits per heavy atom. The van der Waals surface area contributed by atoms with E-state index >= 15 is 0 Å². The normalized spacial score (nSPS) is 24.5. The molecular formula is C16H32N2O. The summed E-state index contributed by atoms with van der Waals surface area (Å²) in [5, 5.41) is 0. The number of ether oxygens (including phenoxy) is 1. The van der Waals surface area contributed by atoms with Crippen molar-refractivity contribution < 1.29 is 4.74 Å². The molecule has 1 heterocycles. The molecular weight excluding hydrogens is 236 g/mol. The molecule has 2 rings (SSSR count). The number of hydrogen-bond acceptors (Lipinski definition) is 3. The summed E-state index contributed by atoms with van der Waals surface area (Å²) in [6, 6.07) is 0. The molecule has 2 N–H and O–H groups in total. The van der Waals surface area contributed by atoms with E-state index in [1.54, 1.807) is 0 Å². The molecule has 2 aliphatic rings. The second-order valence-corrected chi connectivity index (χ2v) is 6.37. The topological polar surface area (TPSA) is 38.5 Å². The predicted molar refractivity (Wildman–Crippen MR) is 80.3 cm³/mol. The highest BCUT2D eigenvalue weighted by molar-refractivity contribution is 4.76. The highest BCUT2D eigenvalue weighted by atomic mass is 16.5. The summed E-state index contributed by atoms with van der Waals surface area (Å²) in [4.78, 5) is 2.68. The first kappa shape index (κ1) is 15.3. The highest BCUT2D eigenvalue weighted by Gasteiger charge is 2.22. The average molecular weight is 268 g/mol. The predicted octanol–water partition coefficient (Wildman–Crippen LogP) is 2.79. The van der Waals surface area contributed by atoms with Crippen LogP contribution in [0, 0.1) is 5.92 Å². The van der Waals surface area contributed by atoms with E-state index in [-0.39, 0.29) is 0 Å². The van der Waals surface area contributed by atoms with Crippen molar-refractivity contribution in [3.05, 3.63) is 0 Å². The van der Waals surface area contributed by atoms with Gasteiger partial charge >= 0.3 is 0 Å². The molecule has 3 heteroatoms. The second kappa shape index (κ2) is 8.93. The lowest BCUT2D eigenvalue weighted by molar-refractivity contribution is 0.00392. The molecule has 19 heavy (non-hydrogen) atoms. The fraction of sp³-hybridized carbons (Fsp3) is 1.00. The van der Waals surface area contributed by atoms with E-state index < -0.39 is 0 Å². The van der Waals surface area contributed by atoms with Crippen molar-refractivity contribution >= 4 is 0 Å². The van der Waals surface area contributed by atoms with Crippen molar-refractivity contribution in [2.75, 3.05) is 32.8 Å². The van der Waals surface area contributed by atoms with Gasteiger partial charge in [0.15, 0.2) is 0 Å². The third-order valence-electron chi connectivity index (χ3n) is 4.73.